The van der Waals surface area contributed by atoms with Gasteiger partial charge in [0.1, 0.15) is 0 Å². The van der Waals surface area contributed by atoms with Gasteiger partial charge < -0.3 is 5.73 Å². The van der Waals surface area contributed by atoms with Gasteiger partial charge in [-0.15, -0.1) is 12.4 Å². The highest BCUT2D eigenvalue weighted by Gasteiger charge is 2.35. The third-order valence-electron chi connectivity index (χ3n) is 4.33. The second-order valence-corrected chi connectivity index (χ2v) is 5.14. The molecule has 2 heteroatoms. The van der Waals surface area contributed by atoms with Crippen LogP contribution in [-0.2, 0) is 6.42 Å². The van der Waals surface area contributed by atoms with Crippen molar-refractivity contribution in [1.82, 2.24) is 0 Å². The van der Waals surface area contributed by atoms with Crippen LogP contribution in [0.3, 0.4) is 0 Å². The second kappa shape index (κ2) is 4.77. The molecule has 2 N–H and O–H groups in total. The summed E-state index contributed by atoms with van der Waals surface area (Å²) >= 11 is 0. The van der Waals surface area contributed by atoms with Crippen LogP contribution in [0.1, 0.15) is 42.9 Å². The molecule has 1 aromatic rings. The molecule has 1 saturated carbocycles. The lowest BCUT2D eigenvalue weighted by Gasteiger charge is -2.40. The number of hydrogen-bond acceptors (Lipinski definition) is 1. The second-order valence-electron chi connectivity index (χ2n) is 5.14. The first-order chi connectivity index (χ1) is 7.36. The van der Waals surface area contributed by atoms with Gasteiger partial charge in [0.15, 0.2) is 0 Å². The van der Waals surface area contributed by atoms with Crippen LogP contribution in [0, 0.1) is 11.8 Å². The summed E-state index contributed by atoms with van der Waals surface area (Å²) < 4.78 is 0. The van der Waals surface area contributed by atoms with Crippen LogP contribution in [0.2, 0.25) is 0 Å². The van der Waals surface area contributed by atoms with Crippen molar-refractivity contribution >= 4 is 12.4 Å². The van der Waals surface area contributed by atoms with Gasteiger partial charge in [0, 0.05) is 6.04 Å². The molecule has 0 aromatic heterocycles. The largest absolute Gasteiger partial charge is 0.324 e. The number of halogens is 1. The zero-order valence-electron chi connectivity index (χ0n) is 9.56. The van der Waals surface area contributed by atoms with Gasteiger partial charge in [0.05, 0.1) is 0 Å². The minimum absolute atomic E-state index is 0. The van der Waals surface area contributed by atoms with Crippen molar-refractivity contribution in [2.45, 2.75) is 38.1 Å². The van der Waals surface area contributed by atoms with Crippen molar-refractivity contribution in [2.75, 3.05) is 0 Å². The Labute approximate surface area is 104 Å². The van der Waals surface area contributed by atoms with E-state index in [-0.39, 0.29) is 12.4 Å². The highest BCUT2D eigenvalue weighted by Crippen LogP contribution is 2.44. The monoisotopic (exact) mass is 237 g/mol. The maximum atomic E-state index is 6.40. The highest BCUT2D eigenvalue weighted by molar-refractivity contribution is 5.85. The first-order valence-electron chi connectivity index (χ1n) is 6.19. The number of fused-ring (bicyclic) bond motifs is 2. The quantitative estimate of drug-likeness (QED) is 0.735. The van der Waals surface area contributed by atoms with Crippen LogP contribution < -0.4 is 5.73 Å². The fourth-order valence-corrected chi connectivity index (χ4v) is 3.52. The molecule has 1 aromatic carbocycles. The molecule has 2 aliphatic carbocycles. The molecule has 0 amide bonds. The van der Waals surface area contributed by atoms with Crippen LogP contribution in [-0.4, -0.2) is 0 Å². The smallest absolute Gasteiger partial charge is 0.0329 e. The summed E-state index contributed by atoms with van der Waals surface area (Å²) in [7, 11) is 0. The van der Waals surface area contributed by atoms with Crippen LogP contribution in [0.5, 0.6) is 0 Å². The van der Waals surface area contributed by atoms with Crippen LogP contribution >= 0.6 is 12.4 Å². The van der Waals surface area contributed by atoms with E-state index in [9.17, 15) is 0 Å². The zero-order valence-corrected chi connectivity index (χ0v) is 10.4. The molecule has 3 rings (SSSR count). The average Bonchev–Trinajstić information content (AvgIpc) is 2.30. The highest BCUT2D eigenvalue weighted by atomic mass is 35.5. The van der Waals surface area contributed by atoms with E-state index in [0.717, 1.165) is 11.8 Å². The molecule has 0 aliphatic heterocycles. The molecule has 1 fully saturated rings. The van der Waals surface area contributed by atoms with Gasteiger partial charge in [-0.2, -0.15) is 0 Å². The van der Waals surface area contributed by atoms with Gasteiger partial charge in [-0.25, -0.2) is 0 Å². The van der Waals surface area contributed by atoms with Crippen molar-refractivity contribution in [3.8, 4) is 0 Å². The van der Waals surface area contributed by atoms with Crippen LogP contribution in [0.25, 0.3) is 0 Å². The third-order valence-corrected chi connectivity index (χ3v) is 4.33. The van der Waals surface area contributed by atoms with Gasteiger partial charge in [0.2, 0.25) is 0 Å². The lowest BCUT2D eigenvalue weighted by Crippen LogP contribution is -2.36. The minimum atomic E-state index is 0. The molecule has 16 heavy (non-hydrogen) atoms. The predicted octanol–water partition coefficient (Wildman–Crippen LogP) is 3.47. The Morgan fingerprint density at radius 3 is 2.69 bits per heavy atom. The molecule has 0 bridgehead atoms. The lowest BCUT2D eigenvalue weighted by atomic mass is 9.66. The summed E-state index contributed by atoms with van der Waals surface area (Å²) in [6.07, 6.45) is 6.81. The van der Waals surface area contributed by atoms with Crippen molar-refractivity contribution < 1.29 is 0 Å². The van der Waals surface area contributed by atoms with Gasteiger partial charge in [-0.05, 0) is 42.2 Å². The van der Waals surface area contributed by atoms with Crippen molar-refractivity contribution in [3.63, 3.8) is 0 Å². The topological polar surface area (TPSA) is 26.0 Å². The Morgan fingerprint density at radius 2 is 1.81 bits per heavy atom. The number of hydrogen-bond donors (Lipinski definition) is 1. The summed E-state index contributed by atoms with van der Waals surface area (Å²) in [5.74, 6) is 1.62. The molecule has 88 valence electrons. The lowest BCUT2D eigenvalue weighted by molar-refractivity contribution is 0.186. The average molecular weight is 238 g/mol. The van der Waals surface area contributed by atoms with Gasteiger partial charge in [0.25, 0.3) is 0 Å². The van der Waals surface area contributed by atoms with Crippen molar-refractivity contribution in [2.24, 2.45) is 17.6 Å². The molecule has 2 aliphatic rings. The minimum Gasteiger partial charge on any atom is -0.324 e. The Balaban J connectivity index is 0.000000963. The zero-order chi connectivity index (χ0) is 10.3. The molecule has 3 unspecified atom stereocenters. The van der Waals surface area contributed by atoms with E-state index in [0.29, 0.717) is 6.04 Å². The van der Waals surface area contributed by atoms with E-state index >= 15 is 0 Å². The van der Waals surface area contributed by atoms with Gasteiger partial charge in [-0.1, -0.05) is 37.1 Å². The van der Waals surface area contributed by atoms with E-state index in [1.807, 2.05) is 0 Å². The predicted molar refractivity (Wildman–Crippen MR) is 69.8 cm³/mol. The Bertz CT molecular complexity index is 364. The Kier molecular flexibility index (Phi) is 3.56. The maximum Gasteiger partial charge on any atom is 0.0329 e. The fourth-order valence-electron chi connectivity index (χ4n) is 3.52. The number of benzene rings is 1. The maximum absolute atomic E-state index is 6.40. The van der Waals surface area contributed by atoms with E-state index in [2.05, 4.69) is 24.3 Å². The Hall–Kier alpha value is -0.530. The summed E-state index contributed by atoms with van der Waals surface area (Å²) in [5.41, 5.74) is 9.33. The standard InChI is InChI=1S/C14H19N.ClH/c15-14-12-7-3-1-5-10(12)9-11-6-2-4-8-13(11)14;/h1,3,5,7,11,13-14H,2,4,6,8-9,15H2;1H. The first-order valence-corrected chi connectivity index (χ1v) is 6.19. The van der Waals surface area contributed by atoms with E-state index in [4.69, 9.17) is 5.73 Å². The molecule has 0 spiro atoms. The van der Waals surface area contributed by atoms with Crippen LogP contribution in [0.15, 0.2) is 24.3 Å². The summed E-state index contributed by atoms with van der Waals surface area (Å²) in [6, 6.07) is 9.07. The van der Waals surface area contributed by atoms with Gasteiger partial charge >= 0.3 is 0 Å². The first kappa shape index (κ1) is 11.9. The van der Waals surface area contributed by atoms with E-state index < -0.39 is 0 Å². The summed E-state index contributed by atoms with van der Waals surface area (Å²) in [6.45, 7) is 0. The fraction of sp³-hybridized carbons (Fsp3) is 0.571. The summed E-state index contributed by atoms with van der Waals surface area (Å²) in [5, 5.41) is 0. The van der Waals surface area contributed by atoms with Crippen molar-refractivity contribution in [1.29, 1.82) is 0 Å². The number of nitrogens with two attached hydrogens (primary N) is 1. The van der Waals surface area contributed by atoms with Crippen molar-refractivity contribution in [3.05, 3.63) is 35.4 Å². The normalized spacial score (nSPS) is 32.2. The molecule has 1 nitrogen and oxygen atoms in total. The molecule has 0 saturated heterocycles. The van der Waals surface area contributed by atoms with E-state index in [1.54, 1.807) is 0 Å². The molecular formula is C14H20ClN. The number of rotatable bonds is 0. The molecule has 3 atom stereocenters. The molecular weight excluding hydrogens is 218 g/mol. The third kappa shape index (κ3) is 1.87. The summed E-state index contributed by atoms with van der Waals surface area (Å²) in [4.78, 5) is 0. The molecule has 0 radical (unpaired) electrons. The molecule has 0 heterocycles. The van der Waals surface area contributed by atoms with Gasteiger partial charge in [-0.3, -0.25) is 0 Å². The SMILES string of the molecule is Cl.NC1c2ccccc2CC2CCCCC21. The van der Waals surface area contributed by atoms with E-state index in [1.165, 1.54) is 43.2 Å². The Morgan fingerprint density at radius 1 is 1.06 bits per heavy atom. The van der Waals surface area contributed by atoms with Crippen LogP contribution in [0.4, 0.5) is 0 Å².